The monoisotopic (exact) mass is 691 g/mol. The molecule has 1 unspecified atom stereocenters. The van der Waals surface area contributed by atoms with Crippen LogP contribution >= 0.6 is 0 Å². The molecule has 0 radical (unpaired) electrons. The lowest BCUT2D eigenvalue weighted by atomic mass is 9.88. The highest BCUT2D eigenvalue weighted by Crippen LogP contribution is 2.39. The molecule has 1 saturated heterocycles. The first-order valence-electron chi connectivity index (χ1n) is 17.1. The quantitative estimate of drug-likeness (QED) is 0.0927. The topological polar surface area (TPSA) is 117 Å². The van der Waals surface area contributed by atoms with Crippen LogP contribution in [-0.2, 0) is 32.9 Å². The molecule has 0 aliphatic carbocycles. The molecule has 4 aromatic rings. The summed E-state index contributed by atoms with van der Waals surface area (Å²) in [4.78, 5) is 10.0. The second-order valence-corrected chi connectivity index (χ2v) is 22.3. The number of hydrogen-bond acceptors (Lipinski definition) is 8. The van der Waals surface area contributed by atoms with E-state index in [0.29, 0.717) is 31.1 Å². The molecule has 2 N–H and O–H groups in total. The SMILES string of the molecule is CCCC(O)(N[S@+]([O-])C(C)(C)C)c1cccc(-c2cc(C3CCOCC3)c3cnn(-c4cccc(CO[Si](C)(C)C(C)(C)C)n4)c3c2)n1. The van der Waals surface area contributed by atoms with E-state index >= 15 is 0 Å². The van der Waals surface area contributed by atoms with Gasteiger partial charge in [0, 0.05) is 35.5 Å². The van der Waals surface area contributed by atoms with Crippen molar-refractivity contribution in [1.82, 2.24) is 24.5 Å². The first-order chi connectivity index (χ1) is 22.5. The van der Waals surface area contributed by atoms with Crippen molar-refractivity contribution in [2.45, 2.75) is 115 Å². The maximum absolute atomic E-state index is 13.1. The van der Waals surface area contributed by atoms with Crippen molar-refractivity contribution < 1.29 is 18.8 Å². The summed E-state index contributed by atoms with van der Waals surface area (Å²) < 4.78 is 29.7. The maximum atomic E-state index is 13.1. The summed E-state index contributed by atoms with van der Waals surface area (Å²) in [5.41, 5.74) is 3.54. The fourth-order valence-electron chi connectivity index (χ4n) is 5.69. The molecule has 1 aliphatic heterocycles. The first kappa shape index (κ1) is 36.6. The number of aliphatic hydroxyl groups is 1. The van der Waals surface area contributed by atoms with E-state index in [-0.39, 0.29) is 5.04 Å². The number of pyridine rings is 2. The lowest BCUT2D eigenvalue weighted by Gasteiger charge is -2.36. The van der Waals surface area contributed by atoms with Crippen molar-refractivity contribution in [3.8, 4) is 17.1 Å². The standard InChI is InChI=1S/C37H53N5O4SSi/c1-10-19-37(43,41-47(44)35(2,3)4)33-15-12-14-31(40-33)27-22-29(26-17-20-45-21-18-26)30-24-38-42(32(30)23-27)34-16-11-13-28(39-34)25-46-48(8,9)36(5,6)7/h11-16,22-24,26,41,43H,10,17-21,25H2,1-9H3/t37?,47-/m1/s1. The molecule has 1 fully saturated rings. The molecular formula is C37H53N5O4SSi. The third-order valence-electron chi connectivity index (χ3n) is 9.68. The summed E-state index contributed by atoms with van der Waals surface area (Å²) in [5.74, 6) is 1.04. The van der Waals surface area contributed by atoms with Crippen molar-refractivity contribution in [3.63, 3.8) is 0 Å². The Labute approximate surface area is 290 Å². The Hall–Kier alpha value is -2.64. The minimum absolute atomic E-state index is 0.108. The lowest BCUT2D eigenvalue weighted by Crippen LogP contribution is -2.51. The van der Waals surface area contributed by atoms with E-state index in [1.807, 2.05) is 68.9 Å². The largest absolute Gasteiger partial charge is 0.598 e. The summed E-state index contributed by atoms with van der Waals surface area (Å²) in [7, 11) is -1.95. The summed E-state index contributed by atoms with van der Waals surface area (Å²) in [6.45, 7) is 20.8. The van der Waals surface area contributed by atoms with E-state index < -0.39 is 30.2 Å². The Balaban J connectivity index is 1.58. The van der Waals surface area contributed by atoms with Gasteiger partial charge >= 0.3 is 0 Å². The predicted molar refractivity (Wildman–Crippen MR) is 197 cm³/mol. The van der Waals surface area contributed by atoms with Crippen LogP contribution in [0.4, 0.5) is 0 Å². The van der Waals surface area contributed by atoms with Crippen LogP contribution in [0.1, 0.15) is 97.0 Å². The van der Waals surface area contributed by atoms with Crippen LogP contribution in [0.5, 0.6) is 0 Å². The van der Waals surface area contributed by atoms with Gasteiger partial charge < -0.3 is 18.8 Å². The highest BCUT2D eigenvalue weighted by molar-refractivity contribution is 7.90. The van der Waals surface area contributed by atoms with Crippen LogP contribution in [0.15, 0.2) is 54.7 Å². The van der Waals surface area contributed by atoms with Crippen molar-refractivity contribution in [2.24, 2.45) is 0 Å². The molecule has 1 aromatic carbocycles. The summed E-state index contributed by atoms with van der Waals surface area (Å²) in [6.07, 6.45) is 4.84. The fourth-order valence-corrected chi connectivity index (χ4v) is 7.45. The average Bonchev–Trinajstić information content (AvgIpc) is 3.47. The Morgan fingerprint density at radius 1 is 1.04 bits per heavy atom. The summed E-state index contributed by atoms with van der Waals surface area (Å²) in [5, 5.41) is 17.9. The Bertz CT molecular complexity index is 1710. The number of fused-ring (bicyclic) bond motifs is 1. The van der Waals surface area contributed by atoms with E-state index in [2.05, 4.69) is 50.7 Å². The molecule has 260 valence electrons. The second-order valence-electron chi connectivity index (χ2n) is 15.5. The van der Waals surface area contributed by atoms with Crippen molar-refractivity contribution in [1.29, 1.82) is 0 Å². The number of ether oxygens (including phenoxy) is 1. The number of rotatable bonds is 11. The van der Waals surface area contributed by atoms with Gasteiger partial charge in [0.15, 0.2) is 19.9 Å². The van der Waals surface area contributed by atoms with E-state index in [9.17, 15) is 9.66 Å². The van der Waals surface area contributed by atoms with Crippen molar-refractivity contribution in [2.75, 3.05) is 13.2 Å². The average molecular weight is 692 g/mol. The maximum Gasteiger partial charge on any atom is 0.200 e. The molecule has 2 atom stereocenters. The zero-order valence-corrected chi connectivity index (χ0v) is 31.9. The molecule has 0 spiro atoms. The minimum Gasteiger partial charge on any atom is -0.598 e. The molecule has 9 nitrogen and oxygen atoms in total. The fraction of sp³-hybridized carbons (Fsp3) is 0.541. The normalized spacial score (nSPS) is 17.1. The predicted octanol–water partition coefficient (Wildman–Crippen LogP) is 7.90. The van der Waals surface area contributed by atoms with Crippen LogP contribution in [-0.4, -0.2) is 55.7 Å². The number of nitrogens with one attached hydrogen (secondary N) is 1. The van der Waals surface area contributed by atoms with Gasteiger partial charge in [0.05, 0.1) is 35.4 Å². The molecule has 11 heteroatoms. The highest BCUT2D eigenvalue weighted by atomic mass is 32.2. The number of nitrogens with zero attached hydrogens (tertiary/aromatic N) is 4. The van der Waals surface area contributed by atoms with Crippen molar-refractivity contribution >= 4 is 30.6 Å². The first-order valence-corrected chi connectivity index (χ1v) is 21.2. The zero-order valence-electron chi connectivity index (χ0n) is 30.1. The number of aromatic nitrogens is 4. The molecule has 3 aromatic heterocycles. The molecule has 0 saturated carbocycles. The third-order valence-corrected chi connectivity index (χ3v) is 15.8. The third kappa shape index (κ3) is 8.04. The van der Waals surface area contributed by atoms with E-state index in [4.69, 9.17) is 24.2 Å². The lowest BCUT2D eigenvalue weighted by molar-refractivity contribution is 0.0101. The molecule has 0 bridgehead atoms. The Morgan fingerprint density at radius 2 is 1.75 bits per heavy atom. The molecule has 1 aliphatic rings. The molecular weight excluding hydrogens is 639 g/mol. The van der Waals surface area contributed by atoms with Crippen LogP contribution in [0.25, 0.3) is 28.0 Å². The highest BCUT2D eigenvalue weighted by Gasteiger charge is 2.40. The van der Waals surface area contributed by atoms with Gasteiger partial charge in [0.1, 0.15) is 4.75 Å². The van der Waals surface area contributed by atoms with Gasteiger partial charge in [-0.05, 0) is 106 Å². The van der Waals surface area contributed by atoms with Gasteiger partial charge in [0.2, 0.25) is 0 Å². The van der Waals surface area contributed by atoms with Gasteiger partial charge in [0.25, 0.3) is 0 Å². The van der Waals surface area contributed by atoms with Gasteiger partial charge in [-0.1, -0.05) is 46.2 Å². The van der Waals surface area contributed by atoms with Gasteiger partial charge in [-0.3, -0.25) is 0 Å². The molecule has 48 heavy (non-hydrogen) atoms. The van der Waals surface area contributed by atoms with Gasteiger partial charge in [-0.25, -0.2) is 14.6 Å². The van der Waals surface area contributed by atoms with E-state index in [1.54, 1.807) is 6.07 Å². The summed E-state index contributed by atoms with van der Waals surface area (Å²) in [6, 6.07) is 16.0. The van der Waals surface area contributed by atoms with Crippen molar-refractivity contribution in [3.05, 3.63) is 71.7 Å². The molecule has 0 amide bonds. The van der Waals surface area contributed by atoms with Gasteiger partial charge in [-0.2, -0.15) is 5.10 Å². The van der Waals surface area contributed by atoms with Gasteiger partial charge in [-0.15, -0.1) is 4.72 Å². The Kier molecular flexibility index (Phi) is 10.9. The molecule has 4 heterocycles. The van der Waals surface area contributed by atoms with Crippen LogP contribution in [0.3, 0.4) is 0 Å². The smallest absolute Gasteiger partial charge is 0.200 e. The summed E-state index contributed by atoms with van der Waals surface area (Å²) >= 11 is -1.49. The second kappa shape index (κ2) is 14.3. The number of hydrogen-bond donors (Lipinski definition) is 2. The van der Waals surface area contributed by atoms with Crippen LogP contribution in [0, 0.1) is 0 Å². The Morgan fingerprint density at radius 3 is 2.42 bits per heavy atom. The van der Waals surface area contributed by atoms with E-state index in [1.165, 1.54) is 5.56 Å². The zero-order chi connectivity index (χ0) is 34.9. The van der Waals surface area contributed by atoms with Crippen LogP contribution < -0.4 is 4.72 Å². The number of benzene rings is 1. The van der Waals surface area contributed by atoms with E-state index in [0.717, 1.165) is 59.7 Å². The minimum atomic E-state index is -1.95. The molecule has 5 rings (SSSR count). The van der Waals surface area contributed by atoms with Crippen LogP contribution in [0.2, 0.25) is 18.1 Å².